The first-order valence-electron chi connectivity index (χ1n) is 8.15. The first-order chi connectivity index (χ1) is 11.2. The fourth-order valence-electron chi connectivity index (χ4n) is 3.51. The summed E-state index contributed by atoms with van der Waals surface area (Å²) in [5, 5.41) is 8.05. The van der Waals surface area contributed by atoms with E-state index in [0.29, 0.717) is 30.6 Å². The number of benzene rings is 1. The number of hydrogen-bond acceptors (Lipinski definition) is 3. The minimum absolute atomic E-state index is 0.291. The second kappa shape index (κ2) is 6.02. The number of nitrogens with one attached hydrogen (secondary N) is 1. The molecule has 0 radical (unpaired) electrons. The molecule has 23 heavy (non-hydrogen) atoms. The van der Waals surface area contributed by atoms with Gasteiger partial charge in [0.1, 0.15) is 11.6 Å². The van der Waals surface area contributed by atoms with Crippen LogP contribution in [0.2, 0.25) is 0 Å². The van der Waals surface area contributed by atoms with Crippen LogP contribution in [0.15, 0.2) is 18.2 Å². The topological polar surface area (TPSA) is 33.1 Å². The molecule has 3 heterocycles. The molecule has 0 amide bonds. The van der Waals surface area contributed by atoms with Crippen LogP contribution >= 0.6 is 0 Å². The Hall–Kier alpha value is -1.79. The summed E-state index contributed by atoms with van der Waals surface area (Å²) in [6, 6.07) is 4.57. The Bertz CT molecular complexity index is 702. The minimum Gasteiger partial charge on any atom is -0.311 e. The van der Waals surface area contributed by atoms with Gasteiger partial charge in [-0.3, -0.25) is 9.58 Å². The number of aromatic nitrogens is 2. The monoisotopic (exact) mass is 318 g/mol. The van der Waals surface area contributed by atoms with E-state index >= 15 is 0 Å². The van der Waals surface area contributed by atoms with Crippen LogP contribution in [0.1, 0.15) is 28.9 Å². The average Bonchev–Trinajstić information content (AvgIpc) is 2.79. The van der Waals surface area contributed by atoms with Gasteiger partial charge in [0.2, 0.25) is 0 Å². The highest BCUT2D eigenvalue weighted by atomic mass is 19.1. The number of rotatable bonds is 2. The highest BCUT2D eigenvalue weighted by Crippen LogP contribution is 2.25. The van der Waals surface area contributed by atoms with Crippen LogP contribution in [0, 0.1) is 11.6 Å². The standard InChI is InChI=1S/C17H20F2N4/c18-16-2-3-17(19)15-11-22(7-4-14(15)16)10-12-8-13-9-20-5-1-6-23(13)21-12/h2-3,8,20H,1,4-7,9-11H2. The van der Waals surface area contributed by atoms with Crippen molar-refractivity contribution in [1.82, 2.24) is 20.0 Å². The van der Waals surface area contributed by atoms with Gasteiger partial charge in [0.05, 0.1) is 11.4 Å². The molecule has 2 aliphatic heterocycles. The summed E-state index contributed by atoms with van der Waals surface area (Å²) in [5.74, 6) is -0.600. The summed E-state index contributed by atoms with van der Waals surface area (Å²) in [5.41, 5.74) is 3.24. The van der Waals surface area contributed by atoms with Gasteiger partial charge in [-0.05, 0) is 43.1 Å². The average molecular weight is 318 g/mol. The number of halogens is 2. The normalized spacial score (nSPS) is 18.3. The van der Waals surface area contributed by atoms with Gasteiger partial charge in [0.25, 0.3) is 0 Å². The van der Waals surface area contributed by atoms with Crippen LogP contribution in [-0.4, -0.2) is 27.8 Å². The van der Waals surface area contributed by atoms with Gasteiger partial charge >= 0.3 is 0 Å². The van der Waals surface area contributed by atoms with E-state index in [9.17, 15) is 8.78 Å². The number of nitrogens with zero attached hydrogens (tertiary/aromatic N) is 3. The third-order valence-electron chi connectivity index (χ3n) is 4.71. The van der Waals surface area contributed by atoms with Crippen LogP contribution < -0.4 is 5.32 Å². The van der Waals surface area contributed by atoms with Crippen LogP contribution in [0.4, 0.5) is 8.78 Å². The van der Waals surface area contributed by atoms with Crippen molar-refractivity contribution >= 4 is 0 Å². The molecule has 0 atom stereocenters. The third kappa shape index (κ3) is 2.88. The minimum atomic E-state index is -0.309. The molecule has 0 fully saturated rings. The summed E-state index contributed by atoms with van der Waals surface area (Å²) in [6.45, 7) is 4.65. The predicted octanol–water partition coefficient (Wildman–Crippen LogP) is 2.21. The van der Waals surface area contributed by atoms with Crippen molar-refractivity contribution in [2.75, 3.05) is 13.1 Å². The lowest BCUT2D eigenvalue weighted by molar-refractivity contribution is 0.234. The van der Waals surface area contributed by atoms with Crippen molar-refractivity contribution in [3.8, 4) is 0 Å². The molecule has 0 saturated carbocycles. The van der Waals surface area contributed by atoms with Crippen LogP contribution in [0.25, 0.3) is 0 Å². The molecular weight excluding hydrogens is 298 g/mol. The van der Waals surface area contributed by atoms with E-state index in [4.69, 9.17) is 0 Å². The zero-order valence-corrected chi connectivity index (χ0v) is 13.0. The van der Waals surface area contributed by atoms with Crippen molar-refractivity contribution in [2.24, 2.45) is 0 Å². The van der Waals surface area contributed by atoms with E-state index in [-0.39, 0.29) is 11.6 Å². The summed E-state index contributed by atoms with van der Waals surface area (Å²) < 4.78 is 29.8. The largest absolute Gasteiger partial charge is 0.311 e. The Morgan fingerprint density at radius 2 is 1.96 bits per heavy atom. The van der Waals surface area contributed by atoms with E-state index < -0.39 is 0 Å². The van der Waals surface area contributed by atoms with Gasteiger partial charge in [-0.1, -0.05) is 0 Å². The fraction of sp³-hybridized carbons (Fsp3) is 0.471. The lowest BCUT2D eigenvalue weighted by atomic mass is 9.98. The molecule has 1 N–H and O–H groups in total. The third-order valence-corrected chi connectivity index (χ3v) is 4.71. The van der Waals surface area contributed by atoms with Crippen molar-refractivity contribution in [3.05, 3.63) is 52.3 Å². The van der Waals surface area contributed by atoms with E-state index in [1.807, 2.05) is 0 Å². The first-order valence-corrected chi connectivity index (χ1v) is 8.15. The second-order valence-corrected chi connectivity index (χ2v) is 6.33. The second-order valence-electron chi connectivity index (χ2n) is 6.33. The van der Waals surface area contributed by atoms with E-state index in [1.54, 1.807) is 0 Å². The molecule has 4 nitrogen and oxygen atoms in total. The molecule has 0 bridgehead atoms. The molecule has 2 aliphatic rings. The summed E-state index contributed by atoms with van der Waals surface area (Å²) in [7, 11) is 0. The van der Waals surface area contributed by atoms with Gasteiger partial charge < -0.3 is 5.32 Å². The quantitative estimate of drug-likeness (QED) is 0.922. The molecule has 0 aliphatic carbocycles. The maximum absolute atomic E-state index is 14.0. The molecule has 4 rings (SSSR count). The van der Waals surface area contributed by atoms with Crippen LogP contribution in [-0.2, 0) is 32.6 Å². The maximum atomic E-state index is 14.0. The molecule has 0 spiro atoms. The molecule has 6 heteroatoms. The Morgan fingerprint density at radius 3 is 2.83 bits per heavy atom. The molecule has 122 valence electrons. The van der Waals surface area contributed by atoms with E-state index in [0.717, 1.165) is 38.3 Å². The number of fused-ring (bicyclic) bond motifs is 2. The fourth-order valence-corrected chi connectivity index (χ4v) is 3.51. The van der Waals surface area contributed by atoms with Crippen molar-refractivity contribution in [3.63, 3.8) is 0 Å². The van der Waals surface area contributed by atoms with Crippen molar-refractivity contribution in [1.29, 1.82) is 0 Å². The van der Waals surface area contributed by atoms with E-state index in [1.165, 1.54) is 17.8 Å². The maximum Gasteiger partial charge on any atom is 0.128 e. The Morgan fingerprint density at radius 1 is 1.13 bits per heavy atom. The van der Waals surface area contributed by atoms with Crippen LogP contribution in [0.3, 0.4) is 0 Å². The highest BCUT2D eigenvalue weighted by Gasteiger charge is 2.23. The Kier molecular flexibility index (Phi) is 3.87. The SMILES string of the molecule is Fc1ccc(F)c2c1CCN(Cc1cc3n(n1)CCCNC3)C2. The molecule has 1 aromatic heterocycles. The van der Waals surface area contributed by atoms with Gasteiger partial charge in [-0.2, -0.15) is 5.10 Å². The van der Waals surface area contributed by atoms with Gasteiger partial charge in [0.15, 0.2) is 0 Å². The van der Waals surface area contributed by atoms with Gasteiger partial charge in [0, 0.05) is 38.3 Å². The molecule has 1 aromatic carbocycles. The van der Waals surface area contributed by atoms with E-state index in [2.05, 4.69) is 26.1 Å². The molecule has 2 aromatic rings. The summed E-state index contributed by atoms with van der Waals surface area (Å²) >= 11 is 0. The zero-order valence-electron chi connectivity index (χ0n) is 13.0. The summed E-state index contributed by atoms with van der Waals surface area (Å²) in [6.07, 6.45) is 1.63. The lowest BCUT2D eigenvalue weighted by Crippen LogP contribution is -2.31. The Balaban J connectivity index is 1.51. The number of hydrogen-bond donors (Lipinski definition) is 1. The molecular formula is C17H20F2N4. The smallest absolute Gasteiger partial charge is 0.128 e. The van der Waals surface area contributed by atoms with Gasteiger partial charge in [-0.15, -0.1) is 0 Å². The van der Waals surface area contributed by atoms with Gasteiger partial charge in [-0.25, -0.2) is 8.78 Å². The van der Waals surface area contributed by atoms with Crippen molar-refractivity contribution < 1.29 is 8.78 Å². The van der Waals surface area contributed by atoms with Crippen LogP contribution in [0.5, 0.6) is 0 Å². The number of aryl methyl sites for hydroxylation is 1. The highest BCUT2D eigenvalue weighted by molar-refractivity contribution is 5.32. The first kappa shape index (κ1) is 14.8. The zero-order chi connectivity index (χ0) is 15.8. The summed E-state index contributed by atoms with van der Waals surface area (Å²) in [4.78, 5) is 2.14. The molecule has 0 unspecified atom stereocenters. The Labute approximate surface area is 134 Å². The lowest BCUT2D eigenvalue weighted by Gasteiger charge is -2.28. The molecule has 0 saturated heterocycles. The predicted molar refractivity (Wildman–Crippen MR) is 82.7 cm³/mol. The van der Waals surface area contributed by atoms with Crippen molar-refractivity contribution in [2.45, 2.75) is 39.0 Å².